The van der Waals surface area contributed by atoms with Crippen LogP contribution < -0.4 is 5.73 Å². The van der Waals surface area contributed by atoms with E-state index in [1.165, 1.54) is 16.7 Å². The number of rotatable bonds is 3. The van der Waals surface area contributed by atoms with Crippen LogP contribution in [0.1, 0.15) is 11.1 Å². The molecule has 0 aliphatic heterocycles. The first-order chi connectivity index (χ1) is 7.92. The van der Waals surface area contributed by atoms with Gasteiger partial charge in [0.1, 0.15) is 0 Å². The molecule has 0 fully saturated rings. The number of hydrogen-bond donors (Lipinski definition) is 1. The molecule has 0 saturated carbocycles. The van der Waals surface area contributed by atoms with Crippen LogP contribution in [0.3, 0.4) is 0 Å². The fraction of sp³-hybridized carbons (Fsp3) is 0.0667. The molecule has 0 saturated heterocycles. The lowest BCUT2D eigenvalue weighted by molar-refractivity contribution is 1.25. The minimum absolute atomic E-state index is 0.555. The first-order valence-electron chi connectivity index (χ1n) is 5.43. The summed E-state index contributed by atoms with van der Waals surface area (Å²) in [6, 6.07) is 20.6. The van der Waals surface area contributed by atoms with Gasteiger partial charge in [-0.3, -0.25) is 0 Å². The summed E-state index contributed by atoms with van der Waals surface area (Å²) < 4.78 is 0. The van der Waals surface area contributed by atoms with Gasteiger partial charge in [-0.15, -0.1) is 0 Å². The molecule has 0 radical (unpaired) electrons. The molecule has 2 aromatic rings. The van der Waals surface area contributed by atoms with E-state index < -0.39 is 0 Å². The maximum absolute atomic E-state index is 5.63. The van der Waals surface area contributed by atoms with E-state index in [2.05, 4.69) is 30.3 Å². The monoisotopic (exact) mass is 209 g/mol. The summed E-state index contributed by atoms with van der Waals surface area (Å²) in [5.74, 6) is 0. The molecule has 0 bridgehead atoms. The van der Waals surface area contributed by atoms with Crippen LogP contribution in [0, 0.1) is 0 Å². The van der Waals surface area contributed by atoms with Crippen LogP contribution in [0.15, 0.2) is 66.7 Å². The summed E-state index contributed by atoms with van der Waals surface area (Å²) in [6.07, 6.45) is 2.06. The third-order valence-corrected chi connectivity index (χ3v) is 2.49. The van der Waals surface area contributed by atoms with E-state index in [1.807, 2.05) is 36.4 Å². The molecule has 2 rings (SSSR count). The molecule has 0 unspecified atom stereocenters. The van der Waals surface area contributed by atoms with E-state index in [9.17, 15) is 0 Å². The number of nitrogens with two attached hydrogens (primary N) is 1. The van der Waals surface area contributed by atoms with Crippen LogP contribution in [0.2, 0.25) is 0 Å². The maximum Gasteiger partial charge on any atom is 0.0116 e. The molecule has 16 heavy (non-hydrogen) atoms. The second kappa shape index (κ2) is 5.29. The van der Waals surface area contributed by atoms with Crippen molar-refractivity contribution in [2.45, 2.75) is 0 Å². The zero-order valence-electron chi connectivity index (χ0n) is 9.14. The molecule has 2 aromatic carbocycles. The Labute approximate surface area is 96.2 Å². The molecule has 0 heterocycles. The second-order valence-electron chi connectivity index (χ2n) is 3.59. The van der Waals surface area contributed by atoms with E-state index in [-0.39, 0.29) is 0 Å². The Bertz CT molecular complexity index is 416. The van der Waals surface area contributed by atoms with Crippen molar-refractivity contribution in [1.29, 1.82) is 0 Å². The summed E-state index contributed by atoms with van der Waals surface area (Å²) in [5, 5.41) is 0. The minimum Gasteiger partial charge on any atom is -0.327 e. The zero-order valence-corrected chi connectivity index (χ0v) is 9.14. The van der Waals surface area contributed by atoms with Crippen LogP contribution in [0.4, 0.5) is 0 Å². The normalized spacial score (nSPS) is 9.81. The standard InChI is InChI=1S/C15H15N/c16-12-11-15(13-7-3-1-4-8-13)14-9-5-2-6-10-14/h1-11H,12,16H2. The van der Waals surface area contributed by atoms with Gasteiger partial charge >= 0.3 is 0 Å². The van der Waals surface area contributed by atoms with E-state index >= 15 is 0 Å². The largest absolute Gasteiger partial charge is 0.327 e. The summed E-state index contributed by atoms with van der Waals surface area (Å²) in [6.45, 7) is 0.555. The van der Waals surface area contributed by atoms with Crippen LogP contribution in [-0.4, -0.2) is 6.54 Å². The highest BCUT2D eigenvalue weighted by atomic mass is 14.5. The second-order valence-corrected chi connectivity index (χ2v) is 3.59. The van der Waals surface area contributed by atoms with Gasteiger partial charge in [-0.1, -0.05) is 66.7 Å². The highest BCUT2D eigenvalue weighted by molar-refractivity contribution is 5.79. The van der Waals surface area contributed by atoms with Crippen molar-refractivity contribution in [3.8, 4) is 0 Å². The van der Waals surface area contributed by atoms with E-state index in [0.29, 0.717) is 6.54 Å². The predicted octanol–water partition coefficient (Wildman–Crippen LogP) is 3.08. The molecule has 0 aliphatic carbocycles. The first kappa shape index (κ1) is 10.7. The summed E-state index contributed by atoms with van der Waals surface area (Å²) >= 11 is 0. The van der Waals surface area contributed by atoms with Gasteiger partial charge in [0.15, 0.2) is 0 Å². The van der Waals surface area contributed by atoms with Gasteiger partial charge in [0.2, 0.25) is 0 Å². The van der Waals surface area contributed by atoms with Crippen LogP contribution in [-0.2, 0) is 0 Å². The topological polar surface area (TPSA) is 26.0 Å². The van der Waals surface area contributed by atoms with Gasteiger partial charge < -0.3 is 5.73 Å². The smallest absolute Gasteiger partial charge is 0.0116 e. The lowest BCUT2D eigenvalue weighted by atomic mass is 9.98. The lowest BCUT2D eigenvalue weighted by Gasteiger charge is -2.07. The average Bonchev–Trinajstić information content (AvgIpc) is 2.38. The summed E-state index contributed by atoms with van der Waals surface area (Å²) in [5.41, 5.74) is 9.24. The SMILES string of the molecule is NCC=C(c1ccccc1)c1ccccc1. The molecule has 0 spiro atoms. The van der Waals surface area contributed by atoms with Crippen molar-refractivity contribution >= 4 is 5.57 Å². The lowest BCUT2D eigenvalue weighted by Crippen LogP contribution is -1.97. The Balaban J connectivity index is 2.44. The third-order valence-electron chi connectivity index (χ3n) is 2.49. The Morgan fingerprint density at radius 2 is 1.25 bits per heavy atom. The van der Waals surface area contributed by atoms with Gasteiger partial charge in [0.05, 0.1) is 0 Å². The average molecular weight is 209 g/mol. The van der Waals surface area contributed by atoms with E-state index in [1.54, 1.807) is 0 Å². The van der Waals surface area contributed by atoms with Crippen LogP contribution in [0.5, 0.6) is 0 Å². The Hall–Kier alpha value is -1.86. The van der Waals surface area contributed by atoms with E-state index in [0.717, 1.165) is 0 Å². The molecule has 0 atom stereocenters. The highest BCUT2D eigenvalue weighted by Gasteiger charge is 2.02. The Kier molecular flexibility index (Phi) is 3.52. The molecule has 0 aliphatic rings. The quantitative estimate of drug-likeness (QED) is 0.826. The number of benzene rings is 2. The van der Waals surface area contributed by atoms with Gasteiger partial charge in [-0.25, -0.2) is 0 Å². The zero-order chi connectivity index (χ0) is 11.2. The van der Waals surface area contributed by atoms with E-state index in [4.69, 9.17) is 5.73 Å². The predicted molar refractivity (Wildman–Crippen MR) is 69.0 cm³/mol. The molecule has 80 valence electrons. The first-order valence-corrected chi connectivity index (χ1v) is 5.43. The van der Waals surface area contributed by atoms with Gasteiger partial charge in [0, 0.05) is 6.54 Å². The van der Waals surface area contributed by atoms with Crippen molar-refractivity contribution in [2.75, 3.05) is 6.54 Å². The third kappa shape index (κ3) is 2.38. The van der Waals surface area contributed by atoms with Crippen molar-refractivity contribution in [1.82, 2.24) is 0 Å². The molecule has 1 heteroatoms. The van der Waals surface area contributed by atoms with Crippen molar-refractivity contribution in [2.24, 2.45) is 5.73 Å². The Morgan fingerprint density at radius 1 is 0.812 bits per heavy atom. The number of hydrogen-bond acceptors (Lipinski definition) is 1. The molecule has 0 aromatic heterocycles. The maximum atomic E-state index is 5.63. The summed E-state index contributed by atoms with van der Waals surface area (Å²) in [7, 11) is 0. The summed E-state index contributed by atoms with van der Waals surface area (Å²) in [4.78, 5) is 0. The van der Waals surface area contributed by atoms with Crippen molar-refractivity contribution in [3.05, 3.63) is 77.9 Å². The van der Waals surface area contributed by atoms with Gasteiger partial charge in [-0.05, 0) is 16.7 Å². The minimum atomic E-state index is 0.555. The van der Waals surface area contributed by atoms with Crippen molar-refractivity contribution < 1.29 is 0 Å². The van der Waals surface area contributed by atoms with Gasteiger partial charge in [0.25, 0.3) is 0 Å². The Morgan fingerprint density at radius 3 is 1.62 bits per heavy atom. The van der Waals surface area contributed by atoms with Crippen LogP contribution >= 0.6 is 0 Å². The molecular formula is C15H15N. The fourth-order valence-corrected chi connectivity index (χ4v) is 1.76. The molecular weight excluding hydrogens is 194 g/mol. The highest BCUT2D eigenvalue weighted by Crippen LogP contribution is 2.22. The van der Waals surface area contributed by atoms with Crippen molar-refractivity contribution in [3.63, 3.8) is 0 Å². The molecule has 2 N–H and O–H groups in total. The fourth-order valence-electron chi connectivity index (χ4n) is 1.76. The van der Waals surface area contributed by atoms with Crippen LogP contribution in [0.25, 0.3) is 5.57 Å². The molecule has 1 nitrogen and oxygen atoms in total. The van der Waals surface area contributed by atoms with Gasteiger partial charge in [-0.2, -0.15) is 0 Å². The molecule has 0 amide bonds.